The second-order valence-corrected chi connectivity index (χ2v) is 4.65. The molecule has 0 bridgehead atoms. The van der Waals surface area contributed by atoms with E-state index in [0.717, 1.165) is 37.2 Å². The summed E-state index contributed by atoms with van der Waals surface area (Å²) in [7, 11) is 1.75. The van der Waals surface area contributed by atoms with Crippen LogP contribution >= 0.6 is 0 Å². The first-order chi connectivity index (χ1) is 9.20. The molecule has 4 nitrogen and oxygen atoms in total. The molecule has 1 aliphatic heterocycles. The summed E-state index contributed by atoms with van der Waals surface area (Å²) in [6, 6.07) is 7.88. The van der Waals surface area contributed by atoms with Crippen molar-refractivity contribution < 1.29 is 14.6 Å². The van der Waals surface area contributed by atoms with E-state index in [-0.39, 0.29) is 0 Å². The van der Waals surface area contributed by atoms with Crippen molar-refractivity contribution >= 4 is 17.7 Å². The van der Waals surface area contributed by atoms with E-state index in [9.17, 15) is 4.79 Å². The number of piperidine rings is 1. The van der Waals surface area contributed by atoms with Gasteiger partial charge >= 0.3 is 5.97 Å². The monoisotopic (exact) mass is 261 g/mol. The van der Waals surface area contributed by atoms with Crippen LogP contribution in [0.2, 0.25) is 0 Å². The fraction of sp³-hybridized carbons (Fsp3) is 0.400. The predicted octanol–water partition coefficient (Wildman–Crippen LogP) is 2.40. The van der Waals surface area contributed by atoms with Crippen LogP contribution in [-0.2, 0) is 9.53 Å². The summed E-state index contributed by atoms with van der Waals surface area (Å²) in [6.45, 7) is 1.88. The van der Waals surface area contributed by atoms with Gasteiger partial charge in [0.25, 0.3) is 0 Å². The minimum absolute atomic E-state index is 0.345. The Hall–Kier alpha value is -1.81. The Bertz CT molecular complexity index is 462. The lowest BCUT2D eigenvalue weighted by molar-refractivity contribution is -0.131. The van der Waals surface area contributed by atoms with Gasteiger partial charge in [-0.1, -0.05) is 18.2 Å². The molecule has 0 amide bonds. The summed E-state index contributed by atoms with van der Waals surface area (Å²) < 4.78 is 5.37. The highest BCUT2D eigenvalue weighted by atomic mass is 16.5. The third-order valence-corrected chi connectivity index (χ3v) is 3.46. The number of para-hydroxylation sites is 1. The Kier molecular flexibility index (Phi) is 4.58. The second-order valence-electron chi connectivity index (χ2n) is 4.65. The number of benzene rings is 1. The molecular weight excluding hydrogens is 242 g/mol. The molecule has 1 aromatic carbocycles. The topological polar surface area (TPSA) is 49.8 Å². The number of aliphatic carboxylic acids is 1. The van der Waals surface area contributed by atoms with Crippen LogP contribution in [-0.4, -0.2) is 37.4 Å². The smallest absolute Gasteiger partial charge is 0.328 e. The van der Waals surface area contributed by atoms with Crippen molar-refractivity contribution in [2.45, 2.75) is 18.9 Å². The molecule has 0 atom stereocenters. The van der Waals surface area contributed by atoms with Crippen LogP contribution in [0.5, 0.6) is 0 Å². The number of rotatable bonds is 4. The van der Waals surface area contributed by atoms with E-state index in [2.05, 4.69) is 4.90 Å². The molecule has 4 heteroatoms. The molecule has 2 rings (SSSR count). The minimum atomic E-state index is -0.923. The van der Waals surface area contributed by atoms with E-state index in [1.54, 1.807) is 13.2 Å². The Morgan fingerprint density at radius 1 is 1.37 bits per heavy atom. The van der Waals surface area contributed by atoms with Crippen LogP contribution in [0, 0.1) is 0 Å². The molecule has 0 aromatic heterocycles. The number of anilines is 1. The molecule has 1 N–H and O–H groups in total. The predicted molar refractivity (Wildman–Crippen MR) is 75.4 cm³/mol. The van der Waals surface area contributed by atoms with E-state index < -0.39 is 5.97 Å². The average Bonchev–Trinajstić information content (AvgIpc) is 2.45. The number of hydrogen-bond acceptors (Lipinski definition) is 3. The molecule has 1 aliphatic rings. The molecule has 1 fully saturated rings. The van der Waals surface area contributed by atoms with Gasteiger partial charge in [0, 0.05) is 32.0 Å². The van der Waals surface area contributed by atoms with Crippen molar-refractivity contribution in [2.75, 3.05) is 25.1 Å². The van der Waals surface area contributed by atoms with Gasteiger partial charge in [-0.3, -0.25) is 0 Å². The lowest BCUT2D eigenvalue weighted by Gasteiger charge is -2.33. The molecule has 19 heavy (non-hydrogen) atoms. The highest BCUT2D eigenvalue weighted by molar-refractivity contribution is 5.87. The summed E-state index contributed by atoms with van der Waals surface area (Å²) in [6.07, 6.45) is 5.19. The Morgan fingerprint density at radius 2 is 2.05 bits per heavy atom. The first-order valence-electron chi connectivity index (χ1n) is 6.48. The van der Waals surface area contributed by atoms with Crippen molar-refractivity contribution in [2.24, 2.45) is 0 Å². The molecule has 0 unspecified atom stereocenters. The lowest BCUT2D eigenvalue weighted by Crippen LogP contribution is -2.36. The van der Waals surface area contributed by atoms with E-state index in [1.807, 2.05) is 24.3 Å². The number of nitrogens with zero attached hydrogens (tertiary/aromatic N) is 1. The highest BCUT2D eigenvalue weighted by Gasteiger charge is 2.19. The summed E-state index contributed by atoms with van der Waals surface area (Å²) >= 11 is 0. The number of carboxylic acids is 1. The van der Waals surface area contributed by atoms with Crippen LogP contribution in [0.3, 0.4) is 0 Å². The molecule has 0 radical (unpaired) electrons. The van der Waals surface area contributed by atoms with Gasteiger partial charge in [-0.25, -0.2) is 4.79 Å². The van der Waals surface area contributed by atoms with Crippen LogP contribution < -0.4 is 4.90 Å². The van der Waals surface area contributed by atoms with Gasteiger partial charge in [-0.05, 0) is 30.5 Å². The first kappa shape index (κ1) is 13.6. The minimum Gasteiger partial charge on any atom is -0.478 e. The van der Waals surface area contributed by atoms with Gasteiger partial charge in [-0.2, -0.15) is 0 Å². The van der Waals surface area contributed by atoms with E-state index >= 15 is 0 Å². The fourth-order valence-electron chi connectivity index (χ4n) is 2.41. The van der Waals surface area contributed by atoms with Gasteiger partial charge in [0.05, 0.1) is 6.10 Å². The number of carboxylic acid groups (broad SMARTS) is 1. The fourth-order valence-corrected chi connectivity index (χ4v) is 2.41. The molecule has 0 spiro atoms. The number of hydrogen-bond donors (Lipinski definition) is 1. The molecular formula is C15H19NO3. The third-order valence-electron chi connectivity index (χ3n) is 3.46. The van der Waals surface area contributed by atoms with Crippen LogP contribution in [0.15, 0.2) is 30.3 Å². The van der Waals surface area contributed by atoms with Gasteiger partial charge in [0.1, 0.15) is 0 Å². The molecule has 102 valence electrons. The average molecular weight is 261 g/mol. The SMILES string of the molecule is COC1CCN(c2ccccc2/C=C/C(=O)O)CC1. The Balaban J connectivity index is 2.14. The zero-order valence-electron chi connectivity index (χ0n) is 11.1. The van der Waals surface area contributed by atoms with E-state index in [0.29, 0.717) is 6.10 Å². The van der Waals surface area contributed by atoms with Gasteiger partial charge in [0.15, 0.2) is 0 Å². The van der Waals surface area contributed by atoms with Crippen molar-refractivity contribution in [1.29, 1.82) is 0 Å². The Labute approximate surface area is 113 Å². The summed E-state index contributed by atoms with van der Waals surface area (Å²) in [5.74, 6) is -0.923. The third kappa shape index (κ3) is 3.58. The molecule has 1 aromatic rings. The van der Waals surface area contributed by atoms with Crippen molar-refractivity contribution in [3.05, 3.63) is 35.9 Å². The van der Waals surface area contributed by atoms with Crippen LogP contribution in [0.4, 0.5) is 5.69 Å². The lowest BCUT2D eigenvalue weighted by atomic mass is 10.0. The normalized spacial score (nSPS) is 17.0. The summed E-state index contributed by atoms with van der Waals surface area (Å²) in [5, 5.41) is 8.73. The van der Waals surface area contributed by atoms with Crippen LogP contribution in [0.25, 0.3) is 6.08 Å². The van der Waals surface area contributed by atoms with E-state index in [4.69, 9.17) is 9.84 Å². The standard InChI is InChI=1S/C15H19NO3/c1-19-13-8-10-16(11-9-13)14-5-3-2-4-12(14)6-7-15(17)18/h2-7,13H,8-11H2,1H3,(H,17,18)/b7-6+. The van der Waals surface area contributed by atoms with Crippen molar-refractivity contribution in [3.63, 3.8) is 0 Å². The van der Waals surface area contributed by atoms with Crippen LogP contribution in [0.1, 0.15) is 18.4 Å². The summed E-state index contributed by atoms with van der Waals surface area (Å²) in [5.41, 5.74) is 2.04. The zero-order valence-corrected chi connectivity index (χ0v) is 11.1. The first-order valence-corrected chi connectivity index (χ1v) is 6.48. The van der Waals surface area contributed by atoms with Crippen molar-refractivity contribution in [3.8, 4) is 0 Å². The Morgan fingerprint density at radius 3 is 2.68 bits per heavy atom. The zero-order chi connectivity index (χ0) is 13.7. The number of carbonyl (C=O) groups is 1. The molecule has 1 saturated heterocycles. The van der Waals surface area contributed by atoms with Gasteiger partial charge in [-0.15, -0.1) is 0 Å². The largest absolute Gasteiger partial charge is 0.478 e. The van der Waals surface area contributed by atoms with E-state index in [1.165, 1.54) is 6.08 Å². The maximum Gasteiger partial charge on any atom is 0.328 e. The maximum absolute atomic E-state index is 10.6. The number of ether oxygens (including phenoxy) is 1. The molecule has 1 heterocycles. The number of methoxy groups -OCH3 is 1. The maximum atomic E-state index is 10.6. The van der Waals surface area contributed by atoms with Gasteiger partial charge < -0.3 is 14.7 Å². The molecule has 0 aliphatic carbocycles. The van der Waals surface area contributed by atoms with Gasteiger partial charge in [0.2, 0.25) is 0 Å². The molecule has 0 saturated carbocycles. The second kappa shape index (κ2) is 6.38. The summed E-state index contributed by atoms with van der Waals surface area (Å²) in [4.78, 5) is 12.9. The quantitative estimate of drug-likeness (QED) is 0.846. The highest BCUT2D eigenvalue weighted by Crippen LogP contribution is 2.25. The van der Waals surface area contributed by atoms with Crippen molar-refractivity contribution in [1.82, 2.24) is 0 Å².